The Hall–Kier alpha value is -3.93. The van der Waals surface area contributed by atoms with Crippen molar-refractivity contribution in [3.63, 3.8) is 0 Å². The number of hydrogen-bond donors (Lipinski definition) is 1. The predicted molar refractivity (Wildman–Crippen MR) is 135 cm³/mol. The monoisotopic (exact) mass is 455 g/mol. The number of benzene rings is 2. The number of nitrogens with one attached hydrogen (secondary N) is 1. The van der Waals surface area contributed by atoms with Gasteiger partial charge < -0.3 is 19.4 Å². The molecule has 0 unspecified atom stereocenters. The maximum Gasteiger partial charge on any atom is 0.269 e. The van der Waals surface area contributed by atoms with Crippen LogP contribution in [-0.2, 0) is 13.0 Å². The van der Waals surface area contributed by atoms with Gasteiger partial charge in [0.1, 0.15) is 22.8 Å². The Morgan fingerprint density at radius 1 is 1.00 bits per heavy atom. The minimum absolute atomic E-state index is 0.106. The molecular weight excluding hydrogens is 426 g/mol. The molecule has 2 aromatic carbocycles. The normalized spacial score (nSPS) is 12.9. The standard InChI is InChI=1S/C28H29N3O3/c1-4-16-29-27(32)26-25(20-10-14-22(34-3)15-11-20)23-7-5-6-17-30-24(18-31(26)28(23)30)19-8-12-21(33-2)13-9-19/h4,8-15,18H,1,5-7,16-17H2,2-3H3,(H,29,32). The summed E-state index contributed by atoms with van der Waals surface area (Å²) in [5.41, 5.74) is 7.18. The molecular formula is C28H29N3O3. The topological polar surface area (TPSA) is 56.9 Å². The van der Waals surface area contributed by atoms with Crippen LogP contribution in [0.4, 0.5) is 0 Å². The fourth-order valence-corrected chi connectivity index (χ4v) is 4.92. The quantitative estimate of drug-likeness (QED) is 0.383. The Balaban J connectivity index is 1.77. The second-order valence-electron chi connectivity index (χ2n) is 8.47. The first-order valence-corrected chi connectivity index (χ1v) is 11.6. The van der Waals surface area contributed by atoms with E-state index >= 15 is 0 Å². The van der Waals surface area contributed by atoms with Gasteiger partial charge in [-0.1, -0.05) is 18.2 Å². The fourth-order valence-electron chi connectivity index (χ4n) is 4.92. The Bertz CT molecular complexity index is 1340. The molecule has 0 spiro atoms. The predicted octanol–water partition coefficient (Wildman–Crippen LogP) is 5.34. The second-order valence-corrected chi connectivity index (χ2v) is 8.47. The molecule has 0 saturated heterocycles. The SMILES string of the molecule is C=CCNC(=O)c1c(-c2ccc(OC)cc2)c2c3n(c(-c4ccc(OC)cc4)cn13)CCCC2. The Labute approximate surface area is 199 Å². The van der Waals surface area contributed by atoms with Crippen LogP contribution in [0, 0.1) is 0 Å². The van der Waals surface area contributed by atoms with Crippen molar-refractivity contribution in [1.82, 2.24) is 14.3 Å². The number of ether oxygens (including phenoxy) is 2. The average Bonchev–Trinajstić information content (AvgIpc) is 3.30. The van der Waals surface area contributed by atoms with Gasteiger partial charge in [0, 0.05) is 30.4 Å². The number of carbonyl (C=O) groups is 1. The van der Waals surface area contributed by atoms with Crippen LogP contribution in [0.3, 0.4) is 0 Å². The van der Waals surface area contributed by atoms with E-state index in [-0.39, 0.29) is 5.91 Å². The highest BCUT2D eigenvalue weighted by atomic mass is 16.5. The van der Waals surface area contributed by atoms with Crippen molar-refractivity contribution >= 4 is 11.6 Å². The van der Waals surface area contributed by atoms with Gasteiger partial charge in [0.2, 0.25) is 0 Å². The number of aryl methyl sites for hydroxylation is 2. The third-order valence-corrected chi connectivity index (χ3v) is 6.52. The number of carbonyl (C=O) groups excluding carboxylic acids is 1. The van der Waals surface area contributed by atoms with E-state index in [1.165, 1.54) is 5.56 Å². The number of hydrogen-bond acceptors (Lipinski definition) is 3. The molecule has 0 aliphatic carbocycles. The molecule has 6 heteroatoms. The number of amides is 1. The summed E-state index contributed by atoms with van der Waals surface area (Å²) < 4.78 is 15.1. The molecule has 1 aliphatic heterocycles. The lowest BCUT2D eigenvalue weighted by Crippen LogP contribution is -2.25. The van der Waals surface area contributed by atoms with Gasteiger partial charge >= 0.3 is 0 Å². The lowest BCUT2D eigenvalue weighted by molar-refractivity contribution is 0.0953. The lowest BCUT2D eigenvalue weighted by Gasteiger charge is -2.10. The minimum Gasteiger partial charge on any atom is -0.497 e. The van der Waals surface area contributed by atoms with E-state index in [0.717, 1.165) is 65.3 Å². The van der Waals surface area contributed by atoms with E-state index in [9.17, 15) is 4.79 Å². The maximum atomic E-state index is 13.5. The summed E-state index contributed by atoms with van der Waals surface area (Å²) in [5.74, 6) is 1.51. The van der Waals surface area contributed by atoms with Gasteiger partial charge in [-0.25, -0.2) is 0 Å². The van der Waals surface area contributed by atoms with Crippen LogP contribution in [0.25, 0.3) is 28.0 Å². The zero-order valence-corrected chi connectivity index (χ0v) is 19.6. The van der Waals surface area contributed by atoms with E-state index in [0.29, 0.717) is 12.2 Å². The van der Waals surface area contributed by atoms with Crippen molar-refractivity contribution in [3.05, 3.63) is 78.6 Å². The van der Waals surface area contributed by atoms with Gasteiger partial charge in [0.15, 0.2) is 0 Å². The molecule has 3 heterocycles. The lowest BCUT2D eigenvalue weighted by atomic mass is 9.97. The Morgan fingerprint density at radius 2 is 1.65 bits per heavy atom. The van der Waals surface area contributed by atoms with Gasteiger partial charge in [-0.15, -0.1) is 6.58 Å². The Morgan fingerprint density at radius 3 is 2.26 bits per heavy atom. The molecule has 0 radical (unpaired) electrons. The third kappa shape index (κ3) is 3.65. The molecule has 6 nitrogen and oxygen atoms in total. The summed E-state index contributed by atoms with van der Waals surface area (Å²) in [4.78, 5) is 13.5. The van der Waals surface area contributed by atoms with Crippen LogP contribution in [0.1, 0.15) is 28.9 Å². The minimum atomic E-state index is -0.106. The number of nitrogens with zero attached hydrogens (tertiary/aromatic N) is 2. The zero-order valence-electron chi connectivity index (χ0n) is 19.6. The molecule has 4 aromatic rings. The average molecular weight is 456 g/mol. The fraction of sp³-hybridized carbons (Fsp3) is 0.250. The van der Waals surface area contributed by atoms with Gasteiger partial charge in [0.05, 0.1) is 19.9 Å². The summed E-state index contributed by atoms with van der Waals surface area (Å²) in [5, 5.41) is 3.00. The number of imidazole rings is 1. The van der Waals surface area contributed by atoms with Crippen LogP contribution in [0.2, 0.25) is 0 Å². The summed E-state index contributed by atoms with van der Waals surface area (Å²) in [6.07, 6.45) is 6.88. The summed E-state index contributed by atoms with van der Waals surface area (Å²) in [7, 11) is 3.33. The summed E-state index contributed by atoms with van der Waals surface area (Å²) in [6, 6.07) is 16.1. The smallest absolute Gasteiger partial charge is 0.269 e. The van der Waals surface area contributed by atoms with E-state index < -0.39 is 0 Å². The van der Waals surface area contributed by atoms with Crippen LogP contribution >= 0.6 is 0 Å². The van der Waals surface area contributed by atoms with Crippen molar-refractivity contribution < 1.29 is 14.3 Å². The molecule has 0 atom stereocenters. The molecule has 1 amide bonds. The van der Waals surface area contributed by atoms with Crippen LogP contribution in [0.15, 0.2) is 67.4 Å². The van der Waals surface area contributed by atoms with Crippen molar-refractivity contribution in [2.75, 3.05) is 20.8 Å². The number of rotatable bonds is 7. The highest BCUT2D eigenvalue weighted by Crippen LogP contribution is 2.40. The number of methoxy groups -OCH3 is 2. The molecule has 1 N–H and O–H groups in total. The van der Waals surface area contributed by atoms with Crippen molar-refractivity contribution in [3.8, 4) is 33.9 Å². The molecule has 174 valence electrons. The van der Waals surface area contributed by atoms with E-state index in [4.69, 9.17) is 9.47 Å². The maximum absolute atomic E-state index is 13.5. The van der Waals surface area contributed by atoms with Crippen LogP contribution < -0.4 is 14.8 Å². The van der Waals surface area contributed by atoms with E-state index in [1.54, 1.807) is 20.3 Å². The third-order valence-electron chi connectivity index (χ3n) is 6.52. The first kappa shape index (κ1) is 21.9. The van der Waals surface area contributed by atoms with Gasteiger partial charge in [-0.05, 0) is 66.8 Å². The first-order valence-electron chi connectivity index (χ1n) is 11.6. The van der Waals surface area contributed by atoms with Crippen molar-refractivity contribution in [2.24, 2.45) is 0 Å². The molecule has 0 fully saturated rings. The molecule has 1 aliphatic rings. The van der Waals surface area contributed by atoms with Crippen molar-refractivity contribution in [1.29, 1.82) is 0 Å². The molecule has 5 rings (SSSR count). The van der Waals surface area contributed by atoms with E-state index in [2.05, 4.69) is 39.2 Å². The molecule has 34 heavy (non-hydrogen) atoms. The zero-order chi connectivity index (χ0) is 23.7. The van der Waals surface area contributed by atoms with Gasteiger partial charge in [-0.2, -0.15) is 0 Å². The summed E-state index contributed by atoms with van der Waals surface area (Å²) >= 11 is 0. The van der Waals surface area contributed by atoms with Crippen LogP contribution in [-0.4, -0.2) is 35.6 Å². The van der Waals surface area contributed by atoms with Gasteiger partial charge in [-0.3, -0.25) is 9.20 Å². The molecule has 2 aromatic heterocycles. The second kappa shape index (κ2) is 9.14. The summed E-state index contributed by atoms with van der Waals surface area (Å²) in [6.45, 7) is 5.07. The van der Waals surface area contributed by atoms with E-state index in [1.807, 2.05) is 36.4 Å². The number of aromatic nitrogens is 2. The van der Waals surface area contributed by atoms with Crippen molar-refractivity contribution in [2.45, 2.75) is 25.8 Å². The highest BCUT2D eigenvalue weighted by Gasteiger charge is 2.29. The van der Waals surface area contributed by atoms with Gasteiger partial charge in [0.25, 0.3) is 5.91 Å². The van der Waals surface area contributed by atoms with Crippen LogP contribution in [0.5, 0.6) is 11.5 Å². The highest BCUT2D eigenvalue weighted by molar-refractivity contribution is 6.03. The molecule has 0 bridgehead atoms. The largest absolute Gasteiger partial charge is 0.497 e. The Kier molecular flexibility index (Phi) is 5.88. The first-order chi connectivity index (χ1) is 16.7. The molecule has 0 saturated carbocycles.